The number of aryl methyl sites for hydroxylation is 1. The van der Waals surface area contributed by atoms with Crippen molar-refractivity contribution in [2.45, 2.75) is 38.6 Å². The van der Waals surface area contributed by atoms with Crippen LogP contribution in [0.4, 0.5) is 0 Å². The molecule has 1 aliphatic rings. The maximum Gasteiger partial charge on any atom is 0.163 e. The van der Waals surface area contributed by atoms with Crippen LogP contribution in [-0.4, -0.2) is 36.9 Å². The lowest BCUT2D eigenvalue weighted by molar-refractivity contribution is 0.354. The predicted octanol–water partition coefficient (Wildman–Crippen LogP) is 2.93. The largest absolute Gasteiger partial charge is 0.493 e. The summed E-state index contributed by atoms with van der Waals surface area (Å²) in [5.74, 6) is 2.70. The summed E-state index contributed by atoms with van der Waals surface area (Å²) < 4.78 is 13.3. The van der Waals surface area contributed by atoms with Crippen molar-refractivity contribution in [3.8, 4) is 11.5 Å². The number of aromatic nitrogens is 2. The molecule has 22 heavy (non-hydrogen) atoms. The molecule has 120 valence electrons. The van der Waals surface area contributed by atoms with Gasteiger partial charge in [-0.3, -0.25) is 0 Å². The minimum absolute atomic E-state index is 0.519. The number of hydrogen-bond donors (Lipinski definition) is 1. The third-order valence-electron chi connectivity index (χ3n) is 4.42. The number of rotatable bonds is 5. The van der Waals surface area contributed by atoms with E-state index in [-0.39, 0.29) is 0 Å². The smallest absolute Gasteiger partial charge is 0.163 e. The second kappa shape index (κ2) is 6.57. The van der Waals surface area contributed by atoms with E-state index in [0.29, 0.717) is 6.04 Å². The Balaban J connectivity index is 2.14. The molecule has 0 amide bonds. The van der Waals surface area contributed by atoms with Gasteiger partial charge in [-0.2, -0.15) is 0 Å². The highest BCUT2D eigenvalue weighted by atomic mass is 16.5. The Morgan fingerprint density at radius 2 is 1.86 bits per heavy atom. The van der Waals surface area contributed by atoms with Crippen LogP contribution in [0, 0.1) is 0 Å². The molecule has 0 saturated carbocycles. The number of methoxy groups -OCH3 is 2. The van der Waals surface area contributed by atoms with Crippen molar-refractivity contribution in [3.05, 3.63) is 18.0 Å². The fourth-order valence-electron chi connectivity index (χ4n) is 3.34. The van der Waals surface area contributed by atoms with Gasteiger partial charge in [-0.25, -0.2) is 4.98 Å². The first-order valence-corrected chi connectivity index (χ1v) is 8.12. The van der Waals surface area contributed by atoms with Gasteiger partial charge >= 0.3 is 0 Å². The van der Waals surface area contributed by atoms with E-state index in [2.05, 4.69) is 22.9 Å². The second-order valence-electron chi connectivity index (χ2n) is 5.83. The van der Waals surface area contributed by atoms with E-state index in [4.69, 9.17) is 14.5 Å². The highest BCUT2D eigenvalue weighted by Crippen LogP contribution is 2.35. The van der Waals surface area contributed by atoms with Gasteiger partial charge in [0.05, 0.1) is 25.3 Å². The van der Waals surface area contributed by atoms with Crippen LogP contribution in [0.2, 0.25) is 0 Å². The zero-order valence-electron chi connectivity index (χ0n) is 13.7. The summed E-state index contributed by atoms with van der Waals surface area (Å²) in [6, 6.07) is 4.58. The van der Waals surface area contributed by atoms with Crippen molar-refractivity contribution >= 4 is 11.0 Å². The van der Waals surface area contributed by atoms with Crippen molar-refractivity contribution in [1.82, 2.24) is 14.9 Å². The zero-order valence-corrected chi connectivity index (χ0v) is 13.7. The maximum atomic E-state index is 5.48. The fraction of sp³-hybridized carbons (Fsp3) is 0.588. The molecule has 5 heteroatoms. The average Bonchev–Trinajstić information content (AvgIpc) is 2.91. The summed E-state index contributed by atoms with van der Waals surface area (Å²) >= 11 is 0. The Hall–Kier alpha value is -1.75. The van der Waals surface area contributed by atoms with Gasteiger partial charge in [-0.1, -0.05) is 6.92 Å². The first kappa shape index (κ1) is 15.2. The van der Waals surface area contributed by atoms with Crippen LogP contribution in [0.1, 0.15) is 38.1 Å². The van der Waals surface area contributed by atoms with Gasteiger partial charge in [-0.05, 0) is 32.4 Å². The van der Waals surface area contributed by atoms with E-state index < -0.39 is 0 Å². The van der Waals surface area contributed by atoms with Gasteiger partial charge in [-0.15, -0.1) is 0 Å². The SMILES string of the molecule is CCCc1nc2cc(OC)c(OC)cc2n1C1CCNCC1. The number of hydrogen-bond acceptors (Lipinski definition) is 4. The molecule has 5 nitrogen and oxygen atoms in total. The van der Waals surface area contributed by atoms with Crippen LogP contribution >= 0.6 is 0 Å². The van der Waals surface area contributed by atoms with E-state index in [0.717, 1.165) is 61.3 Å². The van der Waals surface area contributed by atoms with Gasteiger partial charge in [0.1, 0.15) is 5.82 Å². The number of ether oxygens (including phenoxy) is 2. The highest BCUT2D eigenvalue weighted by molar-refractivity contribution is 5.81. The van der Waals surface area contributed by atoms with Crippen LogP contribution in [0.3, 0.4) is 0 Å². The summed E-state index contributed by atoms with van der Waals surface area (Å²) in [4.78, 5) is 4.87. The van der Waals surface area contributed by atoms with Crippen LogP contribution in [0.15, 0.2) is 12.1 Å². The minimum Gasteiger partial charge on any atom is -0.493 e. The molecule has 0 aliphatic carbocycles. The van der Waals surface area contributed by atoms with E-state index in [1.54, 1.807) is 14.2 Å². The first-order valence-electron chi connectivity index (χ1n) is 8.12. The molecule has 1 aliphatic heterocycles. The predicted molar refractivity (Wildman–Crippen MR) is 88.0 cm³/mol. The minimum atomic E-state index is 0.519. The Morgan fingerprint density at radius 3 is 2.50 bits per heavy atom. The molecule has 0 bridgehead atoms. The van der Waals surface area contributed by atoms with Crippen LogP contribution in [0.25, 0.3) is 11.0 Å². The lowest BCUT2D eigenvalue weighted by Gasteiger charge is -2.26. The molecule has 3 rings (SSSR count). The molecule has 0 radical (unpaired) electrons. The van der Waals surface area contributed by atoms with E-state index >= 15 is 0 Å². The van der Waals surface area contributed by atoms with Crippen molar-refractivity contribution in [2.75, 3.05) is 27.3 Å². The molecule has 2 heterocycles. The third kappa shape index (κ3) is 2.65. The molecular formula is C17H25N3O2. The monoisotopic (exact) mass is 303 g/mol. The number of nitrogens with one attached hydrogen (secondary N) is 1. The van der Waals surface area contributed by atoms with Gasteiger partial charge < -0.3 is 19.4 Å². The van der Waals surface area contributed by atoms with Crippen molar-refractivity contribution in [2.24, 2.45) is 0 Å². The lowest BCUT2D eigenvalue weighted by atomic mass is 10.1. The van der Waals surface area contributed by atoms with E-state index in [1.807, 2.05) is 6.07 Å². The normalized spacial score (nSPS) is 16.1. The summed E-state index contributed by atoms with van der Waals surface area (Å²) in [7, 11) is 3.35. The molecule has 0 atom stereocenters. The molecule has 1 fully saturated rings. The zero-order chi connectivity index (χ0) is 15.5. The summed E-state index contributed by atoms with van der Waals surface area (Å²) in [6.45, 7) is 4.35. The average molecular weight is 303 g/mol. The number of fused-ring (bicyclic) bond motifs is 1. The molecule has 1 N–H and O–H groups in total. The van der Waals surface area contributed by atoms with Gasteiger partial charge in [0.25, 0.3) is 0 Å². The Labute approximate surface area is 131 Å². The summed E-state index contributed by atoms with van der Waals surface area (Å²) in [5, 5.41) is 3.44. The van der Waals surface area contributed by atoms with Gasteiger partial charge in [0.15, 0.2) is 11.5 Å². The molecular weight excluding hydrogens is 278 g/mol. The van der Waals surface area contributed by atoms with Crippen LogP contribution in [-0.2, 0) is 6.42 Å². The van der Waals surface area contributed by atoms with E-state index in [9.17, 15) is 0 Å². The standard InChI is InChI=1S/C17H25N3O2/c1-4-5-17-19-13-10-15(21-2)16(22-3)11-14(13)20(17)12-6-8-18-9-7-12/h10-12,18H,4-9H2,1-3H3. The van der Waals surface area contributed by atoms with Gasteiger partial charge in [0, 0.05) is 24.6 Å². The number of piperidine rings is 1. The molecule has 0 unspecified atom stereocenters. The van der Waals surface area contributed by atoms with E-state index in [1.165, 1.54) is 5.82 Å². The Bertz CT molecular complexity index is 645. The molecule has 1 aromatic carbocycles. The van der Waals surface area contributed by atoms with Crippen LogP contribution < -0.4 is 14.8 Å². The quantitative estimate of drug-likeness (QED) is 0.922. The van der Waals surface area contributed by atoms with Crippen LogP contribution in [0.5, 0.6) is 11.5 Å². The van der Waals surface area contributed by atoms with Crippen molar-refractivity contribution in [1.29, 1.82) is 0 Å². The third-order valence-corrected chi connectivity index (χ3v) is 4.42. The molecule has 1 saturated heterocycles. The topological polar surface area (TPSA) is 48.3 Å². The van der Waals surface area contributed by atoms with Gasteiger partial charge in [0.2, 0.25) is 0 Å². The number of nitrogens with zero attached hydrogens (tertiary/aromatic N) is 2. The summed E-state index contributed by atoms with van der Waals surface area (Å²) in [6.07, 6.45) is 4.40. The molecule has 2 aromatic rings. The number of imidazole rings is 1. The Kier molecular flexibility index (Phi) is 4.52. The second-order valence-corrected chi connectivity index (χ2v) is 5.83. The van der Waals surface area contributed by atoms with Crippen molar-refractivity contribution in [3.63, 3.8) is 0 Å². The highest BCUT2D eigenvalue weighted by Gasteiger charge is 2.22. The fourth-order valence-corrected chi connectivity index (χ4v) is 3.34. The summed E-state index contributed by atoms with van der Waals surface area (Å²) in [5.41, 5.74) is 2.16. The lowest BCUT2D eigenvalue weighted by Crippen LogP contribution is -2.30. The maximum absolute atomic E-state index is 5.48. The molecule has 1 aromatic heterocycles. The Morgan fingerprint density at radius 1 is 1.18 bits per heavy atom. The molecule has 0 spiro atoms. The van der Waals surface area contributed by atoms with Crippen molar-refractivity contribution < 1.29 is 9.47 Å². The number of benzene rings is 1. The first-order chi connectivity index (χ1) is 10.8.